The third-order valence-electron chi connectivity index (χ3n) is 5.42. The van der Waals surface area contributed by atoms with E-state index in [4.69, 9.17) is 6.42 Å². The molecule has 0 spiro atoms. The van der Waals surface area contributed by atoms with E-state index in [1.54, 1.807) is 36.4 Å². The summed E-state index contributed by atoms with van der Waals surface area (Å²) in [7, 11) is -9.97. The highest BCUT2D eigenvalue weighted by Crippen LogP contribution is 2.42. The van der Waals surface area contributed by atoms with Gasteiger partial charge in [0.1, 0.15) is 0 Å². The molecule has 0 heterocycles. The van der Waals surface area contributed by atoms with Gasteiger partial charge in [-0.25, -0.2) is 16.8 Å². The molecule has 0 amide bonds. The Bertz CT molecular complexity index is 1120. The first-order chi connectivity index (χ1) is 14.9. The van der Waals surface area contributed by atoms with Crippen molar-refractivity contribution >= 4 is 27.7 Å². The summed E-state index contributed by atoms with van der Waals surface area (Å²) >= 11 is 0. The first kappa shape index (κ1) is 26.1. The van der Waals surface area contributed by atoms with Gasteiger partial charge in [0, 0.05) is 14.5 Å². The maximum Gasteiger partial charge on any atom is 0.199 e. The molecule has 0 N–H and O–H groups in total. The second-order valence-corrected chi connectivity index (χ2v) is 19.5. The molecule has 0 radical (unpaired) electrons. The summed E-state index contributed by atoms with van der Waals surface area (Å²) in [6.07, 6.45) is 7.49. The average molecular weight is 489 g/mol. The molecule has 0 aliphatic rings. The van der Waals surface area contributed by atoms with Crippen LogP contribution in [-0.4, -0.2) is 29.0 Å². The fourth-order valence-corrected chi connectivity index (χ4v) is 9.32. The van der Waals surface area contributed by atoms with Gasteiger partial charge in [0.25, 0.3) is 0 Å². The van der Waals surface area contributed by atoms with Crippen LogP contribution in [0.2, 0.25) is 25.7 Å². The molecular formula is C25H32O4S2Si. The van der Waals surface area contributed by atoms with Crippen LogP contribution in [0.15, 0.2) is 82.1 Å². The van der Waals surface area contributed by atoms with Crippen molar-refractivity contribution in [3.63, 3.8) is 0 Å². The summed E-state index contributed by atoms with van der Waals surface area (Å²) in [6.45, 7) is 8.67. The van der Waals surface area contributed by atoms with Gasteiger partial charge in [0.05, 0.1) is 9.79 Å². The summed E-state index contributed by atoms with van der Waals surface area (Å²) in [6, 6.07) is 16.4. The Hall–Kier alpha value is -2.14. The Morgan fingerprint density at radius 3 is 1.72 bits per heavy atom. The lowest BCUT2D eigenvalue weighted by Gasteiger charge is -2.32. The topological polar surface area (TPSA) is 68.3 Å². The van der Waals surface area contributed by atoms with Gasteiger partial charge in [0.15, 0.2) is 23.8 Å². The minimum absolute atomic E-state index is 0.0431. The van der Waals surface area contributed by atoms with E-state index in [2.05, 4.69) is 31.6 Å². The van der Waals surface area contributed by atoms with Gasteiger partial charge in [-0.3, -0.25) is 0 Å². The molecule has 0 aromatic heterocycles. The van der Waals surface area contributed by atoms with Crippen LogP contribution in [-0.2, 0) is 19.7 Å². The molecule has 172 valence electrons. The highest BCUT2D eigenvalue weighted by Gasteiger charge is 2.55. The van der Waals surface area contributed by atoms with Gasteiger partial charge in [-0.1, -0.05) is 67.7 Å². The normalized spacial score (nSPS) is 13.5. The van der Waals surface area contributed by atoms with Crippen LogP contribution >= 0.6 is 0 Å². The fraction of sp³-hybridized carbons (Fsp3) is 0.360. The number of allylic oxidation sites excluding steroid dienone is 2. The van der Waals surface area contributed by atoms with E-state index >= 15 is 0 Å². The van der Waals surface area contributed by atoms with E-state index < -0.39 is 38.2 Å². The smallest absolute Gasteiger partial charge is 0.199 e. The molecule has 32 heavy (non-hydrogen) atoms. The van der Waals surface area contributed by atoms with E-state index in [9.17, 15) is 16.8 Å². The third kappa shape index (κ3) is 5.61. The van der Waals surface area contributed by atoms with Crippen molar-refractivity contribution in [1.82, 2.24) is 0 Å². The second-order valence-electron chi connectivity index (χ2n) is 9.24. The Morgan fingerprint density at radius 2 is 1.34 bits per heavy atom. The van der Waals surface area contributed by atoms with Gasteiger partial charge in [-0.05, 0) is 50.1 Å². The van der Waals surface area contributed by atoms with Crippen LogP contribution in [0.25, 0.3) is 0 Å². The number of rotatable bonds is 10. The molecule has 4 nitrogen and oxygen atoms in total. The van der Waals surface area contributed by atoms with Crippen molar-refractivity contribution < 1.29 is 16.8 Å². The summed E-state index contributed by atoms with van der Waals surface area (Å²) < 4.78 is 53.5. The lowest BCUT2D eigenvalue weighted by Crippen LogP contribution is -2.46. The number of hydrogen-bond donors (Lipinski definition) is 0. The SMILES string of the molecule is C#CCC(CC/C(C)=C/C[Si](C)(C)C)(S(=O)(=O)c1ccccc1)S(=O)(=O)c1ccccc1. The van der Waals surface area contributed by atoms with Crippen LogP contribution in [0.4, 0.5) is 0 Å². The molecule has 0 atom stereocenters. The first-order valence-corrected chi connectivity index (χ1v) is 17.2. The summed E-state index contributed by atoms with van der Waals surface area (Å²) in [5.41, 5.74) is 0.973. The lowest BCUT2D eigenvalue weighted by molar-refractivity contribution is 0.524. The Morgan fingerprint density at radius 1 is 0.906 bits per heavy atom. The Labute approximate surface area is 194 Å². The van der Waals surface area contributed by atoms with Gasteiger partial charge < -0.3 is 0 Å². The van der Waals surface area contributed by atoms with Crippen molar-refractivity contribution in [3.05, 3.63) is 72.3 Å². The number of benzene rings is 2. The van der Waals surface area contributed by atoms with Crippen molar-refractivity contribution in [2.45, 2.75) is 65.7 Å². The predicted octanol–water partition coefficient (Wildman–Crippen LogP) is 5.72. The van der Waals surface area contributed by atoms with Gasteiger partial charge in [-0.2, -0.15) is 0 Å². The average Bonchev–Trinajstić information content (AvgIpc) is 2.75. The van der Waals surface area contributed by atoms with E-state index in [1.165, 1.54) is 24.3 Å². The van der Waals surface area contributed by atoms with E-state index in [1.807, 2.05) is 6.92 Å². The highest BCUT2D eigenvalue weighted by atomic mass is 32.3. The zero-order valence-corrected chi connectivity index (χ0v) is 21.8. The third-order valence-corrected chi connectivity index (χ3v) is 12.6. The van der Waals surface area contributed by atoms with Crippen LogP contribution in [0, 0.1) is 12.3 Å². The van der Waals surface area contributed by atoms with Crippen LogP contribution in [0.5, 0.6) is 0 Å². The van der Waals surface area contributed by atoms with Crippen molar-refractivity contribution in [2.75, 3.05) is 0 Å². The van der Waals surface area contributed by atoms with E-state index in [0.29, 0.717) is 6.42 Å². The standard InChI is InChI=1S/C25H32O4S2Si/c1-6-19-25(20-17-22(2)18-21-32(3,4)5,30(26,27)23-13-9-7-10-14-23)31(28,29)24-15-11-8-12-16-24/h1,7-16,18H,17,19-21H2,2-5H3/b22-18+. The molecule has 0 unspecified atom stereocenters. The minimum atomic E-state index is -4.32. The molecule has 0 fully saturated rings. The second kappa shape index (κ2) is 10.2. The molecule has 2 aromatic carbocycles. The van der Waals surface area contributed by atoms with Gasteiger partial charge in [0.2, 0.25) is 0 Å². The minimum Gasteiger partial charge on any atom is -0.222 e. The zero-order valence-electron chi connectivity index (χ0n) is 19.2. The number of terminal acetylenes is 1. The maximum atomic E-state index is 13.9. The first-order valence-electron chi connectivity index (χ1n) is 10.6. The maximum absolute atomic E-state index is 13.9. The van der Waals surface area contributed by atoms with Crippen molar-refractivity contribution in [3.8, 4) is 12.3 Å². The van der Waals surface area contributed by atoms with E-state index in [0.717, 1.165) is 11.6 Å². The Balaban J connectivity index is 2.68. The predicted molar refractivity (Wildman–Crippen MR) is 135 cm³/mol. The largest absolute Gasteiger partial charge is 0.222 e. The quantitative estimate of drug-likeness (QED) is 0.244. The molecular weight excluding hydrogens is 456 g/mol. The summed E-state index contributed by atoms with van der Waals surface area (Å²) in [5.74, 6) is 2.37. The molecule has 0 bridgehead atoms. The van der Waals surface area contributed by atoms with Crippen molar-refractivity contribution in [2.24, 2.45) is 0 Å². The molecule has 0 aliphatic heterocycles. The summed E-state index contributed by atoms with van der Waals surface area (Å²) in [5, 5.41) is 0. The zero-order chi connectivity index (χ0) is 24.0. The summed E-state index contributed by atoms with van der Waals surface area (Å²) in [4.78, 5) is -0.0861. The Kier molecular flexibility index (Phi) is 8.32. The van der Waals surface area contributed by atoms with Crippen molar-refractivity contribution in [1.29, 1.82) is 0 Å². The van der Waals surface area contributed by atoms with Crippen LogP contribution in [0.3, 0.4) is 0 Å². The molecule has 2 rings (SSSR count). The molecule has 0 aliphatic carbocycles. The van der Waals surface area contributed by atoms with E-state index in [-0.39, 0.29) is 16.2 Å². The highest BCUT2D eigenvalue weighted by molar-refractivity contribution is 8.10. The monoisotopic (exact) mass is 488 g/mol. The molecule has 2 aromatic rings. The van der Waals surface area contributed by atoms with Crippen LogP contribution < -0.4 is 0 Å². The number of hydrogen-bond acceptors (Lipinski definition) is 4. The lowest BCUT2D eigenvalue weighted by atomic mass is 10.1. The molecule has 0 saturated carbocycles. The van der Waals surface area contributed by atoms with Gasteiger partial charge in [-0.15, -0.1) is 12.3 Å². The number of sulfone groups is 2. The molecule has 7 heteroatoms. The molecule has 0 saturated heterocycles. The van der Waals surface area contributed by atoms with Gasteiger partial charge >= 0.3 is 0 Å². The fourth-order valence-electron chi connectivity index (χ4n) is 3.45. The van der Waals surface area contributed by atoms with Crippen LogP contribution in [0.1, 0.15) is 26.2 Å².